The molecule has 0 saturated carbocycles. The average Bonchev–Trinajstić information content (AvgIpc) is 2.46. The number of rotatable bonds is 5. The molecule has 11 heteroatoms. The Kier molecular flexibility index (Phi) is 6.37. The third kappa shape index (κ3) is 5.19. The molecule has 1 atom stereocenters. The number of hydrogen-bond acceptors (Lipinski definition) is 6. The van der Waals surface area contributed by atoms with Crippen molar-refractivity contribution >= 4 is 10.4 Å². The number of nitrogens with zero attached hydrogens (tertiary/aromatic N) is 3. The largest absolute Gasteiger partial charge is 1.00 e. The third-order valence-corrected chi connectivity index (χ3v) is 2.37. The van der Waals surface area contributed by atoms with Crippen molar-refractivity contribution in [2.45, 2.75) is 13.1 Å². The van der Waals surface area contributed by atoms with Crippen LogP contribution in [0.15, 0.2) is 12.0 Å². The third-order valence-electron chi connectivity index (χ3n) is 1.90. The number of hydrogen-bond donors (Lipinski definition) is 1. The molecule has 1 unspecified atom stereocenters. The summed E-state index contributed by atoms with van der Waals surface area (Å²) in [5.74, 6) is -0.230. The molecule has 0 spiro atoms. The van der Waals surface area contributed by atoms with Crippen molar-refractivity contribution in [2.24, 2.45) is 0 Å². The zero-order valence-electron chi connectivity index (χ0n) is 9.31. The summed E-state index contributed by atoms with van der Waals surface area (Å²) in [6, 6.07) is 0. The van der Waals surface area contributed by atoms with Gasteiger partial charge in [-0.15, -0.1) is 0 Å². The van der Waals surface area contributed by atoms with E-state index in [0.717, 1.165) is 6.20 Å². The summed E-state index contributed by atoms with van der Waals surface area (Å²) in [4.78, 5) is 11.2. The van der Waals surface area contributed by atoms with Crippen molar-refractivity contribution in [2.75, 3.05) is 13.2 Å². The van der Waals surface area contributed by atoms with Crippen LogP contribution in [0.4, 0.5) is 0 Å². The van der Waals surface area contributed by atoms with Gasteiger partial charge in [-0.25, -0.2) is 4.18 Å². The van der Waals surface area contributed by atoms with Gasteiger partial charge in [0, 0.05) is 6.17 Å². The second-order valence-corrected chi connectivity index (χ2v) is 4.06. The van der Waals surface area contributed by atoms with E-state index >= 15 is 0 Å². The van der Waals surface area contributed by atoms with Crippen LogP contribution in [0.3, 0.4) is 0 Å². The molecule has 0 saturated heterocycles. The molecule has 92 valence electrons. The predicted molar refractivity (Wildman–Crippen MR) is 52.1 cm³/mol. The van der Waals surface area contributed by atoms with E-state index in [9.17, 15) is 18.5 Å². The molecule has 0 aromatic heterocycles. The smallest absolute Gasteiger partial charge is 0.646 e. The standard InChI is InChI=1S/C6H10N3O6S.Na/c1-5-7-4-6(9(10)11)8(5)2-3-15-16(12,13)14;/h4-5H,2-3H2,1H3,(H,12,13,14);/q-1;+1. The summed E-state index contributed by atoms with van der Waals surface area (Å²) in [7, 11) is -4.52. The first-order valence-electron chi connectivity index (χ1n) is 4.24. The Labute approximate surface area is 120 Å². The molecule has 17 heavy (non-hydrogen) atoms. The fourth-order valence-electron chi connectivity index (χ4n) is 1.21. The van der Waals surface area contributed by atoms with Gasteiger partial charge in [-0.3, -0.25) is 9.45 Å². The minimum atomic E-state index is -4.52. The van der Waals surface area contributed by atoms with Gasteiger partial charge in [-0.1, -0.05) is 6.20 Å². The van der Waals surface area contributed by atoms with Crippen molar-refractivity contribution in [1.82, 2.24) is 4.90 Å². The first-order chi connectivity index (χ1) is 7.31. The SMILES string of the molecule is CC1[N-]C=C([N+](=O)[O-])N1CCOS(=O)(=O)O.[Na+]. The predicted octanol–water partition coefficient (Wildman–Crippen LogP) is -3.08. The van der Waals surface area contributed by atoms with Crippen molar-refractivity contribution in [3.05, 3.63) is 27.5 Å². The molecule has 1 rings (SSSR count). The van der Waals surface area contributed by atoms with Crippen LogP contribution in [0.25, 0.3) is 5.32 Å². The molecular weight excluding hydrogens is 265 g/mol. The molecule has 1 N–H and O–H groups in total. The van der Waals surface area contributed by atoms with Gasteiger partial charge in [0.25, 0.3) is 5.82 Å². The molecule has 0 fully saturated rings. The van der Waals surface area contributed by atoms with Gasteiger partial charge >= 0.3 is 40.0 Å². The Bertz CT molecular complexity index is 410. The van der Waals surface area contributed by atoms with E-state index in [0.29, 0.717) is 0 Å². The van der Waals surface area contributed by atoms with E-state index in [1.807, 2.05) is 0 Å². The molecule has 1 aliphatic rings. The minimum Gasteiger partial charge on any atom is -0.646 e. The fourth-order valence-corrected chi connectivity index (χ4v) is 1.50. The van der Waals surface area contributed by atoms with E-state index in [4.69, 9.17) is 4.55 Å². The van der Waals surface area contributed by atoms with Crippen molar-refractivity contribution < 1.29 is 51.6 Å². The summed E-state index contributed by atoms with van der Waals surface area (Å²) in [5.41, 5.74) is 0. The van der Waals surface area contributed by atoms with Gasteiger partial charge in [-0.05, 0) is 11.8 Å². The van der Waals surface area contributed by atoms with E-state index in [2.05, 4.69) is 9.50 Å². The summed E-state index contributed by atoms with van der Waals surface area (Å²) in [6.07, 6.45) is 0.642. The molecular formula is C6H10N3NaO6S. The second-order valence-electron chi connectivity index (χ2n) is 2.97. The molecule has 0 bridgehead atoms. The van der Waals surface area contributed by atoms with Crippen LogP contribution >= 0.6 is 0 Å². The van der Waals surface area contributed by atoms with E-state index in [1.54, 1.807) is 6.92 Å². The van der Waals surface area contributed by atoms with Crippen LogP contribution < -0.4 is 29.6 Å². The first-order valence-corrected chi connectivity index (χ1v) is 5.61. The van der Waals surface area contributed by atoms with Gasteiger partial charge in [-0.2, -0.15) is 8.42 Å². The van der Waals surface area contributed by atoms with Crippen LogP contribution in [0, 0.1) is 10.1 Å². The number of nitro groups is 1. The summed E-state index contributed by atoms with van der Waals surface area (Å²) < 4.78 is 32.8. The molecule has 0 aliphatic carbocycles. The minimum absolute atomic E-state index is 0. The van der Waals surface area contributed by atoms with Crippen LogP contribution in [0.5, 0.6) is 0 Å². The molecule has 1 heterocycles. The van der Waals surface area contributed by atoms with Crippen molar-refractivity contribution in [1.29, 1.82) is 0 Å². The van der Waals surface area contributed by atoms with Gasteiger partial charge in [0.15, 0.2) is 0 Å². The van der Waals surface area contributed by atoms with Crippen molar-refractivity contribution in [3.8, 4) is 0 Å². The maximum Gasteiger partial charge on any atom is 1.00 e. The van der Waals surface area contributed by atoms with Gasteiger partial charge < -0.3 is 15.4 Å². The maximum atomic E-state index is 10.5. The Morgan fingerprint density at radius 3 is 2.76 bits per heavy atom. The Hall–Kier alpha value is -0.390. The van der Waals surface area contributed by atoms with Gasteiger partial charge in [0.1, 0.15) is 13.2 Å². The van der Waals surface area contributed by atoms with Crippen LogP contribution in [-0.2, 0) is 14.6 Å². The molecule has 0 radical (unpaired) electrons. The Balaban J connectivity index is 0.00000256. The monoisotopic (exact) mass is 275 g/mol. The van der Waals surface area contributed by atoms with E-state index in [1.165, 1.54) is 4.90 Å². The van der Waals surface area contributed by atoms with Crippen LogP contribution in [0.2, 0.25) is 0 Å². The molecule has 1 aliphatic heterocycles. The van der Waals surface area contributed by atoms with Crippen molar-refractivity contribution in [3.63, 3.8) is 0 Å². The van der Waals surface area contributed by atoms with Gasteiger partial charge in [0.2, 0.25) is 0 Å². The van der Waals surface area contributed by atoms with Crippen LogP contribution in [0.1, 0.15) is 6.92 Å². The zero-order chi connectivity index (χ0) is 12.3. The summed E-state index contributed by atoms with van der Waals surface area (Å²) >= 11 is 0. The van der Waals surface area contributed by atoms with Crippen LogP contribution in [-0.4, -0.2) is 42.1 Å². The Morgan fingerprint density at radius 1 is 1.71 bits per heavy atom. The average molecular weight is 275 g/mol. The zero-order valence-corrected chi connectivity index (χ0v) is 12.1. The quantitative estimate of drug-likeness (QED) is 0.244. The molecule has 0 amide bonds. The fraction of sp³-hybridized carbons (Fsp3) is 0.667. The molecule has 0 aromatic rings. The second kappa shape index (κ2) is 6.52. The van der Waals surface area contributed by atoms with E-state index in [-0.39, 0.29) is 48.5 Å². The molecule has 0 aromatic carbocycles. The summed E-state index contributed by atoms with van der Waals surface area (Å²) in [6.45, 7) is 1.17. The summed E-state index contributed by atoms with van der Waals surface area (Å²) in [5, 5.41) is 14.3. The normalized spacial score (nSPS) is 19.3. The van der Waals surface area contributed by atoms with E-state index < -0.39 is 21.5 Å². The maximum absolute atomic E-state index is 10.5. The topological polar surface area (TPSA) is 124 Å². The molecule has 9 nitrogen and oxygen atoms in total. The van der Waals surface area contributed by atoms with Gasteiger partial charge in [0.05, 0.1) is 0 Å². The first kappa shape index (κ1) is 16.6. The Morgan fingerprint density at radius 2 is 2.29 bits per heavy atom.